The van der Waals surface area contributed by atoms with Gasteiger partial charge in [-0.15, -0.1) is 0 Å². The lowest BCUT2D eigenvalue weighted by atomic mass is 9.90. The summed E-state index contributed by atoms with van der Waals surface area (Å²) in [6, 6.07) is 6.03. The first-order valence-electron chi connectivity index (χ1n) is 9.97. The molecule has 6 nitrogen and oxygen atoms in total. The highest BCUT2D eigenvalue weighted by molar-refractivity contribution is 5.86. The molecule has 1 aromatic heterocycles. The molecule has 2 aromatic rings. The third-order valence-electron chi connectivity index (χ3n) is 5.90. The van der Waals surface area contributed by atoms with E-state index in [9.17, 15) is 9.59 Å². The number of hydrogen-bond acceptors (Lipinski definition) is 5. The number of aryl methyl sites for hydroxylation is 2. The van der Waals surface area contributed by atoms with E-state index in [1.54, 1.807) is 4.90 Å². The van der Waals surface area contributed by atoms with Crippen molar-refractivity contribution in [3.05, 3.63) is 39.2 Å². The fourth-order valence-corrected chi connectivity index (χ4v) is 4.32. The van der Waals surface area contributed by atoms with Crippen molar-refractivity contribution in [2.45, 2.75) is 45.4 Å². The van der Waals surface area contributed by atoms with Gasteiger partial charge < -0.3 is 14.1 Å². The zero-order valence-electron chi connectivity index (χ0n) is 16.1. The third-order valence-corrected chi connectivity index (χ3v) is 5.90. The van der Waals surface area contributed by atoms with Crippen LogP contribution in [0.4, 0.5) is 0 Å². The Balaban J connectivity index is 1.55. The first-order chi connectivity index (χ1) is 13.6. The van der Waals surface area contributed by atoms with E-state index < -0.39 is 0 Å². The zero-order valence-corrected chi connectivity index (χ0v) is 16.1. The number of fused-ring (bicyclic) bond motifs is 3. The summed E-state index contributed by atoms with van der Waals surface area (Å²) in [6.45, 7) is 2.90. The van der Waals surface area contributed by atoms with E-state index in [0.29, 0.717) is 24.4 Å². The summed E-state index contributed by atoms with van der Waals surface area (Å²) in [7, 11) is 0. The molecule has 2 heterocycles. The van der Waals surface area contributed by atoms with Crippen LogP contribution in [0.3, 0.4) is 0 Å². The van der Waals surface area contributed by atoms with Crippen LogP contribution < -0.4 is 10.4 Å². The maximum absolute atomic E-state index is 12.5. The standard InChI is InChI=1S/C22H24N2O4/c1-14-19(27-13-20(25)24-10-4-5-15(11-23)12-24)9-8-17-16-6-2-3-7-18(16)22(26)28-21(14)17/h8-9,15H,2-7,10,12-13H2,1H3. The Hall–Kier alpha value is -2.81. The highest BCUT2D eigenvalue weighted by atomic mass is 16.5. The number of hydrogen-bond donors (Lipinski definition) is 0. The third kappa shape index (κ3) is 3.37. The molecule has 0 N–H and O–H groups in total. The predicted molar refractivity (Wildman–Crippen MR) is 104 cm³/mol. The van der Waals surface area contributed by atoms with Gasteiger partial charge in [-0.25, -0.2) is 4.79 Å². The van der Waals surface area contributed by atoms with E-state index in [1.807, 2.05) is 19.1 Å². The molecule has 1 amide bonds. The van der Waals surface area contributed by atoms with E-state index in [-0.39, 0.29) is 24.1 Å². The van der Waals surface area contributed by atoms with E-state index >= 15 is 0 Å². The van der Waals surface area contributed by atoms with E-state index in [2.05, 4.69) is 6.07 Å². The number of benzene rings is 1. The molecular weight excluding hydrogens is 356 g/mol. The summed E-state index contributed by atoms with van der Waals surface area (Å²) < 4.78 is 11.4. The van der Waals surface area contributed by atoms with Crippen molar-refractivity contribution in [2.75, 3.05) is 19.7 Å². The molecule has 1 saturated heterocycles. The smallest absolute Gasteiger partial charge is 0.339 e. The van der Waals surface area contributed by atoms with Crippen LogP contribution >= 0.6 is 0 Å². The molecule has 6 heteroatoms. The minimum atomic E-state index is -0.255. The number of nitrogens with zero attached hydrogens (tertiary/aromatic N) is 2. The van der Waals surface area contributed by atoms with Gasteiger partial charge in [-0.2, -0.15) is 5.26 Å². The van der Waals surface area contributed by atoms with Gasteiger partial charge in [0, 0.05) is 29.6 Å². The van der Waals surface area contributed by atoms with Crippen LogP contribution in [0.2, 0.25) is 0 Å². The molecule has 1 fully saturated rings. The van der Waals surface area contributed by atoms with Crippen LogP contribution in [-0.4, -0.2) is 30.5 Å². The van der Waals surface area contributed by atoms with Gasteiger partial charge in [-0.1, -0.05) is 0 Å². The molecule has 1 aliphatic heterocycles. The Bertz CT molecular complexity index is 1020. The monoisotopic (exact) mass is 380 g/mol. The molecule has 0 radical (unpaired) electrons. The maximum atomic E-state index is 12.5. The normalized spacial score (nSPS) is 19.1. The van der Waals surface area contributed by atoms with Gasteiger partial charge in [-0.05, 0) is 63.1 Å². The molecule has 1 aromatic carbocycles. The number of amides is 1. The van der Waals surface area contributed by atoms with Crippen LogP contribution in [0, 0.1) is 24.2 Å². The fourth-order valence-electron chi connectivity index (χ4n) is 4.32. The van der Waals surface area contributed by atoms with Crippen LogP contribution in [0.5, 0.6) is 5.75 Å². The number of carbonyl (C=O) groups excluding carboxylic acids is 1. The average molecular weight is 380 g/mol. The van der Waals surface area contributed by atoms with Gasteiger partial charge in [0.2, 0.25) is 0 Å². The van der Waals surface area contributed by atoms with Gasteiger partial charge in [-0.3, -0.25) is 4.79 Å². The number of piperidine rings is 1. The van der Waals surface area contributed by atoms with Crippen LogP contribution in [-0.2, 0) is 17.6 Å². The van der Waals surface area contributed by atoms with E-state index in [4.69, 9.17) is 14.4 Å². The first kappa shape index (κ1) is 18.5. The molecule has 0 bridgehead atoms. The van der Waals surface area contributed by atoms with Gasteiger partial charge >= 0.3 is 5.63 Å². The summed E-state index contributed by atoms with van der Waals surface area (Å²) in [5, 5.41) is 10.1. The second kappa shape index (κ2) is 7.67. The molecule has 1 aliphatic carbocycles. The molecule has 0 saturated carbocycles. The van der Waals surface area contributed by atoms with Crippen molar-refractivity contribution < 1.29 is 13.9 Å². The van der Waals surface area contributed by atoms with Gasteiger partial charge in [0.05, 0.1) is 12.0 Å². The molecule has 4 rings (SSSR count). The minimum Gasteiger partial charge on any atom is -0.483 e. The quantitative estimate of drug-likeness (QED) is 0.764. The van der Waals surface area contributed by atoms with Gasteiger partial charge in [0.25, 0.3) is 5.91 Å². The number of ether oxygens (including phenoxy) is 1. The second-order valence-electron chi connectivity index (χ2n) is 7.72. The summed E-state index contributed by atoms with van der Waals surface area (Å²) in [4.78, 5) is 26.5. The highest BCUT2D eigenvalue weighted by Gasteiger charge is 2.24. The molecular formula is C22H24N2O4. The lowest BCUT2D eigenvalue weighted by Crippen LogP contribution is -2.41. The van der Waals surface area contributed by atoms with Gasteiger partial charge in [0.15, 0.2) is 6.61 Å². The average Bonchev–Trinajstić information content (AvgIpc) is 2.74. The van der Waals surface area contributed by atoms with Crippen LogP contribution in [0.15, 0.2) is 21.3 Å². The van der Waals surface area contributed by atoms with Crippen LogP contribution in [0.25, 0.3) is 11.0 Å². The van der Waals surface area contributed by atoms with Crippen molar-refractivity contribution in [1.82, 2.24) is 4.90 Å². The Morgan fingerprint density at radius 2 is 2.07 bits per heavy atom. The lowest BCUT2D eigenvalue weighted by Gasteiger charge is -2.29. The summed E-state index contributed by atoms with van der Waals surface area (Å²) in [5.41, 5.74) is 2.94. The predicted octanol–water partition coefficient (Wildman–Crippen LogP) is 3.12. The zero-order chi connectivity index (χ0) is 19.7. The Morgan fingerprint density at radius 3 is 2.86 bits per heavy atom. The van der Waals surface area contributed by atoms with Gasteiger partial charge in [0.1, 0.15) is 11.3 Å². The second-order valence-corrected chi connectivity index (χ2v) is 7.72. The van der Waals surface area contributed by atoms with E-state index in [0.717, 1.165) is 60.6 Å². The Morgan fingerprint density at radius 1 is 1.29 bits per heavy atom. The molecule has 2 aliphatic rings. The molecule has 146 valence electrons. The molecule has 0 spiro atoms. The maximum Gasteiger partial charge on any atom is 0.339 e. The van der Waals surface area contributed by atoms with E-state index in [1.165, 1.54) is 0 Å². The van der Waals surface area contributed by atoms with Crippen molar-refractivity contribution >= 4 is 16.9 Å². The van der Waals surface area contributed by atoms with Crippen LogP contribution in [0.1, 0.15) is 42.4 Å². The number of likely N-dealkylation sites (tertiary alicyclic amines) is 1. The summed E-state index contributed by atoms with van der Waals surface area (Å²) >= 11 is 0. The Kier molecular flexibility index (Phi) is 5.08. The summed E-state index contributed by atoms with van der Waals surface area (Å²) in [6.07, 6.45) is 5.46. The fraction of sp³-hybridized carbons (Fsp3) is 0.500. The van der Waals surface area contributed by atoms with Crippen molar-refractivity contribution in [1.29, 1.82) is 5.26 Å². The minimum absolute atomic E-state index is 0.0837. The lowest BCUT2D eigenvalue weighted by molar-refractivity contribution is -0.134. The van der Waals surface area contributed by atoms with Crippen molar-refractivity contribution in [3.8, 4) is 11.8 Å². The topological polar surface area (TPSA) is 83.5 Å². The van der Waals surface area contributed by atoms with Crippen molar-refractivity contribution in [3.63, 3.8) is 0 Å². The molecule has 28 heavy (non-hydrogen) atoms. The largest absolute Gasteiger partial charge is 0.483 e. The molecule has 1 unspecified atom stereocenters. The molecule has 1 atom stereocenters. The Labute approximate surface area is 163 Å². The summed E-state index contributed by atoms with van der Waals surface area (Å²) in [5.74, 6) is 0.334. The SMILES string of the molecule is Cc1c(OCC(=O)N2CCCC(C#N)C2)ccc2c3c(c(=O)oc12)CCCC3. The first-order valence-corrected chi connectivity index (χ1v) is 9.97. The number of carbonyl (C=O) groups is 1. The number of rotatable bonds is 3. The van der Waals surface area contributed by atoms with Crippen molar-refractivity contribution in [2.24, 2.45) is 5.92 Å². The number of nitriles is 1. The highest BCUT2D eigenvalue weighted by Crippen LogP contribution is 2.32.